The molecule has 0 radical (unpaired) electrons. The number of halogens is 3. The molecule has 1 aliphatic heterocycles. The molecule has 9 heteroatoms. The van der Waals surface area contributed by atoms with E-state index in [0.717, 1.165) is 11.1 Å². The molecule has 0 saturated heterocycles. The van der Waals surface area contributed by atoms with E-state index < -0.39 is 6.10 Å². The summed E-state index contributed by atoms with van der Waals surface area (Å²) in [5.74, 6) is -0.666. The van der Waals surface area contributed by atoms with Gasteiger partial charge in [0, 0.05) is 12.6 Å². The van der Waals surface area contributed by atoms with Crippen LogP contribution in [0.1, 0.15) is 17.5 Å². The minimum Gasteiger partial charge on any atom is -0.382 e. The van der Waals surface area contributed by atoms with Crippen molar-refractivity contribution in [2.24, 2.45) is 5.16 Å². The van der Waals surface area contributed by atoms with Crippen molar-refractivity contribution in [3.63, 3.8) is 0 Å². The first-order valence-corrected chi connectivity index (χ1v) is 9.49. The summed E-state index contributed by atoms with van der Waals surface area (Å²) in [4.78, 5) is 17.7. The topological polar surface area (TPSA) is 68.5 Å². The van der Waals surface area contributed by atoms with Crippen molar-refractivity contribution in [2.45, 2.75) is 19.1 Å². The van der Waals surface area contributed by atoms with Crippen LogP contribution in [0, 0.1) is 5.82 Å². The van der Waals surface area contributed by atoms with Crippen molar-refractivity contribution >= 4 is 40.5 Å². The molecule has 0 spiro atoms. The van der Waals surface area contributed by atoms with Crippen LogP contribution in [-0.4, -0.2) is 27.5 Å². The number of anilines is 1. The van der Waals surface area contributed by atoms with E-state index in [4.69, 9.17) is 28.0 Å². The van der Waals surface area contributed by atoms with E-state index >= 15 is 0 Å². The maximum atomic E-state index is 13.0. The van der Waals surface area contributed by atoms with Gasteiger partial charge >= 0.3 is 0 Å². The van der Waals surface area contributed by atoms with Crippen LogP contribution in [0.5, 0.6) is 0 Å². The predicted molar refractivity (Wildman–Crippen MR) is 109 cm³/mol. The van der Waals surface area contributed by atoms with Crippen molar-refractivity contribution in [1.29, 1.82) is 0 Å². The molecule has 6 nitrogen and oxygen atoms in total. The lowest BCUT2D eigenvalue weighted by atomic mass is 10.0. The molecule has 1 amide bonds. The van der Waals surface area contributed by atoms with E-state index in [1.807, 2.05) is 6.07 Å². The van der Waals surface area contributed by atoms with Gasteiger partial charge in [0.25, 0.3) is 5.91 Å². The minimum absolute atomic E-state index is 0.300. The second kappa shape index (κ2) is 8.23. The Labute approximate surface area is 175 Å². The number of amides is 1. The summed E-state index contributed by atoms with van der Waals surface area (Å²) in [6.07, 6.45) is 2.80. The largest absolute Gasteiger partial charge is 0.382 e. The third kappa shape index (κ3) is 4.58. The highest BCUT2D eigenvalue weighted by atomic mass is 35.5. The molecule has 1 atom stereocenters. The molecule has 148 valence electrons. The van der Waals surface area contributed by atoms with Crippen LogP contribution in [-0.2, 0) is 16.2 Å². The Hall–Kier alpha value is -2.90. The second-order valence-corrected chi connectivity index (χ2v) is 7.32. The lowest BCUT2D eigenvalue weighted by molar-refractivity contribution is -0.125. The Balaban J connectivity index is 1.35. The highest BCUT2D eigenvalue weighted by Gasteiger charge is 2.29. The van der Waals surface area contributed by atoms with E-state index in [0.29, 0.717) is 34.4 Å². The van der Waals surface area contributed by atoms with Gasteiger partial charge in [-0.2, -0.15) is 5.10 Å². The Kier molecular flexibility index (Phi) is 5.51. The van der Waals surface area contributed by atoms with Crippen LogP contribution in [0.15, 0.2) is 60.0 Å². The van der Waals surface area contributed by atoms with E-state index in [9.17, 15) is 9.18 Å². The molecular formula is C20H15Cl2FN4O2. The molecule has 1 aromatic heterocycles. The fourth-order valence-electron chi connectivity index (χ4n) is 2.89. The number of oxime groups is 1. The second-order valence-electron chi connectivity index (χ2n) is 6.51. The molecule has 3 aromatic rings. The molecule has 2 heterocycles. The summed E-state index contributed by atoms with van der Waals surface area (Å²) >= 11 is 12.0. The van der Waals surface area contributed by atoms with Crippen LogP contribution in [0.25, 0.3) is 0 Å². The van der Waals surface area contributed by atoms with Crippen molar-refractivity contribution in [1.82, 2.24) is 9.78 Å². The zero-order chi connectivity index (χ0) is 20.4. The smallest absolute Gasteiger partial charge is 0.268 e. The first kappa shape index (κ1) is 19.4. The number of benzene rings is 2. The molecule has 1 N–H and O–H groups in total. The van der Waals surface area contributed by atoms with Gasteiger partial charge < -0.3 is 10.2 Å². The number of nitrogens with one attached hydrogen (secondary N) is 1. The van der Waals surface area contributed by atoms with Crippen LogP contribution in [0.2, 0.25) is 10.0 Å². The molecule has 0 fully saturated rings. The number of aromatic nitrogens is 2. The fraction of sp³-hybridized carbons (Fsp3) is 0.150. The fourth-order valence-corrected chi connectivity index (χ4v) is 3.21. The molecule has 0 saturated carbocycles. The summed E-state index contributed by atoms with van der Waals surface area (Å²) in [5, 5.41) is 11.9. The van der Waals surface area contributed by atoms with E-state index in [1.54, 1.807) is 41.3 Å². The molecular weight excluding hydrogens is 418 g/mol. The summed E-state index contributed by atoms with van der Waals surface area (Å²) in [7, 11) is 0. The van der Waals surface area contributed by atoms with E-state index in [-0.39, 0.29) is 11.7 Å². The number of hydrogen-bond donors (Lipinski definition) is 1. The summed E-state index contributed by atoms with van der Waals surface area (Å²) in [6, 6.07) is 11.2. The number of hydrogen-bond acceptors (Lipinski definition) is 4. The SMILES string of the molecule is O=C(Nc1cnn(Cc2ccc(Cl)c(Cl)c2)c1)C1CC(c2ccc(F)cc2)=NO1. The standard InChI is InChI=1S/C20H15Cl2FN4O2/c21-16-6-1-12(7-17(16)22)10-27-11-15(9-24-27)25-20(28)19-8-18(26-29-19)13-2-4-14(23)5-3-13/h1-7,9,11,19H,8,10H2,(H,25,28). The Morgan fingerprint density at radius 2 is 2.00 bits per heavy atom. The van der Waals surface area contributed by atoms with Crippen molar-refractivity contribution in [2.75, 3.05) is 5.32 Å². The van der Waals surface area contributed by atoms with Crippen molar-refractivity contribution < 1.29 is 14.0 Å². The van der Waals surface area contributed by atoms with Crippen LogP contribution in [0.4, 0.5) is 10.1 Å². The van der Waals surface area contributed by atoms with Crippen LogP contribution in [0.3, 0.4) is 0 Å². The molecule has 29 heavy (non-hydrogen) atoms. The van der Waals surface area contributed by atoms with Crippen LogP contribution < -0.4 is 5.32 Å². The first-order chi connectivity index (χ1) is 14.0. The number of carbonyl (C=O) groups is 1. The van der Waals surface area contributed by atoms with Gasteiger partial charge in [0.05, 0.1) is 34.2 Å². The number of nitrogens with zero attached hydrogens (tertiary/aromatic N) is 3. The monoisotopic (exact) mass is 432 g/mol. The summed E-state index contributed by atoms with van der Waals surface area (Å²) in [6.45, 7) is 0.477. The van der Waals surface area contributed by atoms with Gasteiger partial charge in [-0.3, -0.25) is 9.48 Å². The predicted octanol–water partition coefficient (Wildman–Crippen LogP) is 4.51. The third-order valence-corrected chi connectivity index (χ3v) is 5.11. The number of rotatable bonds is 5. The van der Waals surface area contributed by atoms with Gasteiger partial charge in [-0.25, -0.2) is 4.39 Å². The third-order valence-electron chi connectivity index (χ3n) is 4.37. The molecule has 0 bridgehead atoms. The molecule has 1 unspecified atom stereocenters. The molecule has 4 rings (SSSR count). The summed E-state index contributed by atoms with van der Waals surface area (Å²) < 4.78 is 14.7. The van der Waals surface area contributed by atoms with Gasteiger partial charge in [0.1, 0.15) is 5.82 Å². The van der Waals surface area contributed by atoms with E-state index in [2.05, 4.69) is 15.6 Å². The molecule has 0 aliphatic carbocycles. The zero-order valence-corrected chi connectivity index (χ0v) is 16.5. The first-order valence-electron chi connectivity index (χ1n) is 8.74. The van der Waals surface area contributed by atoms with Crippen molar-refractivity contribution in [3.8, 4) is 0 Å². The normalized spacial score (nSPS) is 15.7. The Morgan fingerprint density at radius 1 is 1.21 bits per heavy atom. The highest BCUT2D eigenvalue weighted by molar-refractivity contribution is 6.42. The average Bonchev–Trinajstić information content (AvgIpc) is 3.35. The average molecular weight is 433 g/mol. The summed E-state index contributed by atoms with van der Waals surface area (Å²) in [5.41, 5.74) is 2.78. The minimum atomic E-state index is -0.756. The van der Waals surface area contributed by atoms with E-state index in [1.165, 1.54) is 12.1 Å². The highest BCUT2D eigenvalue weighted by Crippen LogP contribution is 2.23. The van der Waals surface area contributed by atoms with Gasteiger partial charge in [0.15, 0.2) is 0 Å². The molecule has 2 aromatic carbocycles. The maximum absolute atomic E-state index is 13.0. The number of carbonyl (C=O) groups excluding carboxylic acids is 1. The Morgan fingerprint density at radius 3 is 2.76 bits per heavy atom. The van der Waals surface area contributed by atoms with Gasteiger partial charge in [0.2, 0.25) is 6.10 Å². The van der Waals surface area contributed by atoms with Crippen LogP contribution >= 0.6 is 23.2 Å². The lowest BCUT2D eigenvalue weighted by Crippen LogP contribution is -2.27. The van der Waals surface area contributed by atoms with Gasteiger partial charge in [-0.15, -0.1) is 0 Å². The quantitative estimate of drug-likeness (QED) is 0.644. The zero-order valence-electron chi connectivity index (χ0n) is 15.0. The Bertz CT molecular complexity index is 1080. The van der Waals surface area contributed by atoms with Crippen molar-refractivity contribution in [3.05, 3.63) is 81.8 Å². The lowest BCUT2D eigenvalue weighted by Gasteiger charge is -2.07. The van der Waals surface area contributed by atoms with Gasteiger partial charge in [-0.1, -0.05) is 46.6 Å². The van der Waals surface area contributed by atoms with Gasteiger partial charge in [-0.05, 0) is 35.4 Å². The maximum Gasteiger partial charge on any atom is 0.268 e. The molecule has 1 aliphatic rings.